The van der Waals surface area contributed by atoms with Crippen molar-refractivity contribution in [3.05, 3.63) is 95.6 Å². The zero-order valence-electron chi connectivity index (χ0n) is 16.6. The van der Waals surface area contributed by atoms with Crippen LogP contribution in [0, 0.1) is 11.6 Å². The van der Waals surface area contributed by atoms with Gasteiger partial charge in [0.15, 0.2) is 6.10 Å². The number of carbonyl (C=O) groups is 2. The lowest BCUT2D eigenvalue weighted by molar-refractivity contribution is -0.127. The SMILES string of the molecule is O=C(NCCc1ccccc1)[C@H]1CN(C(=O)c2cc(F)ccc2F)c2ccccc2O1. The summed E-state index contributed by atoms with van der Waals surface area (Å²) in [5.74, 6) is -2.36. The molecule has 0 aliphatic carbocycles. The van der Waals surface area contributed by atoms with Crippen molar-refractivity contribution in [1.82, 2.24) is 5.32 Å². The van der Waals surface area contributed by atoms with Crippen molar-refractivity contribution in [1.29, 1.82) is 0 Å². The van der Waals surface area contributed by atoms with Gasteiger partial charge in [-0.05, 0) is 42.3 Å². The topological polar surface area (TPSA) is 58.6 Å². The van der Waals surface area contributed by atoms with Gasteiger partial charge in [0.2, 0.25) is 0 Å². The number of fused-ring (bicyclic) bond motifs is 1. The Morgan fingerprint density at radius 3 is 2.55 bits per heavy atom. The zero-order chi connectivity index (χ0) is 21.8. The van der Waals surface area contributed by atoms with Crippen LogP contribution in [-0.4, -0.2) is 31.0 Å². The lowest BCUT2D eigenvalue weighted by Crippen LogP contribution is -2.51. The van der Waals surface area contributed by atoms with Gasteiger partial charge >= 0.3 is 0 Å². The van der Waals surface area contributed by atoms with Gasteiger partial charge in [-0.3, -0.25) is 9.59 Å². The molecule has 0 saturated carbocycles. The minimum absolute atomic E-state index is 0.122. The first kappa shape index (κ1) is 20.5. The largest absolute Gasteiger partial charge is 0.477 e. The fourth-order valence-corrected chi connectivity index (χ4v) is 3.46. The van der Waals surface area contributed by atoms with Gasteiger partial charge in [0, 0.05) is 6.54 Å². The number of para-hydroxylation sites is 2. The molecule has 0 spiro atoms. The summed E-state index contributed by atoms with van der Waals surface area (Å²) in [4.78, 5) is 27.0. The van der Waals surface area contributed by atoms with E-state index in [1.807, 2.05) is 30.3 Å². The number of amides is 2. The minimum atomic E-state index is -0.980. The third-order valence-corrected chi connectivity index (χ3v) is 5.03. The molecule has 0 aromatic heterocycles. The van der Waals surface area contributed by atoms with Gasteiger partial charge < -0.3 is 15.0 Å². The number of rotatable bonds is 5. The highest BCUT2D eigenvalue weighted by molar-refractivity contribution is 6.08. The van der Waals surface area contributed by atoms with Gasteiger partial charge in [-0.2, -0.15) is 0 Å². The summed E-state index contributed by atoms with van der Waals surface area (Å²) in [5.41, 5.74) is 1.07. The molecule has 7 heteroatoms. The molecule has 0 unspecified atom stereocenters. The monoisotopic (exact) mass is 422 g/mol. The van der Waals surface area contributed by atoms with Crippen molar-refractivity contribution in [3.8, 4) is 5.75 Å². The van der Waals surface area contributed by atoms with E-state index in [0.717, 1.165) is 23.8 Å². The van der Waals surface area contributed by atoms with Crippen LogP contribution in [0.1, 0.15) is 15.9 Å². The normalized spacial score (nSPS) is 15.0. The molecule has 2 amide bonds. The zero-order valence-corrected chi connectivity index (χ0v) is 16.6. The second-order valence-electron chi connectivity index (χ2n) is 7.14. The summed E-state index contributed by atoms with van der Waals surface area (Å²) < 4.78 is 33.6. The number of nitrogens with one attached hydrogen (secondary N) is 1. The van der Waals surface area contributed by atoms with Crippen molar-refractivity contribution in [3.63, 3.8) is 0 Å². The van der Waals surface area contributed by atoms with Gasteiger partial charge in [-0.25, -0.2) is 8.78 Å². The van der Waals surface area contributed by atoms with Crippen LogP contribution in [0.4, 0.5) is 14.5 Å². The summed E-state index contributed by atoms with van der Waals surface area (Å²) in [6, 6.07) is 19.1. The van der Waals surface area contributed by atoms with E-state index >= 15 is 0 Å². The van der Waals surface area contributed by atoms with E-state index in [1.165, 1.54) is 4.90 Å². The predicted molar refractivity (Wildman–Crippen MR) is 112 cm³/mol. The lowest BCUT2D eigenvalue weighted by atomic mass is 10.1. The van der Waals surface area contributed by atoms with Crippen molar-refractivity contribution in [2.75, 3.05) is 18.0 Å². The Hall–Kier alpha value is -3.74. The standard InChI is InChI=1S/C24H20F2N2O3/c25-17-10-11-19(26)18(14-17)24(30)28-15-22(31-21-9-5-4-8-20(21)28)23(29)27-13-12-16-6-2-1-3-7-16/h1-11,14,22H,12-13,15H2,(H,27,29)/t22-/m1/s1. The molecule has 4 rings (SSSR count). The summed E-state index contributed by atoms with van der Waals surface area (Å²) in [5, 5.41) is 2.82. The fraction of sp³-hybridized carbons (Fsp3) is 0.167. The molecule has 3 aromatic carbocycles. The molecule has 1 aliphatic heterocycles. The number of hydrogen-bond donors (Lipinski definition) is 1. The summed E-state index contributed by atoms with van der Waals surface area (Å²) in [6.45, 7) is 0.278. The maximum absolute atomic E-state index is 14.2. The smallest absolute Gasteiger partial charge is 0.262 e. The van der Waals surface area contributed by atoms with Crippen molar-refractivity contribution in [2.24, 2.45) is 0 Å². The number of ether oxygens (including phenoxy) is 1. The average Bonchev–Trinajstić information content (AvgIpc) is 2.80. The van der Waals surface area contributed by atoms with Crippen molar-refractivity contribution >= 4 is 17.5 Å². The van der Waals surface area contributed by atoms with Gasteiger partial charge in [-0.1, -0.05) is 42.5 Å². The Labute approximate surface area is 178 Å². The van der Waals surface area contributed by atoms with Gasteiger partial charge in [-0.15, -0.1) is 0 Å². The third-order valence-electron chi connectivity index (χ3n) is 5.03. The first-order valence-corrected chi connectivity index (χ1v) is 9.87. The van der Waals surface area contributed by atoms with E-state index in [-0.39, 0.29) is 12.5 Å². The molecular weight excluding hydrogens is 402 g/mol. The number of halogens is 2. The van der Waals surface area contributed by atoms with Crippen LogP contribution >= 0.6 is 0 Å². The van der Waals surface area contributed by atoms with E-state index in [0.29, 0.717) is 24.4 Å². The second kappa shape index (κ2) is 8.95. The number of hydrogen-bond acceptors (Lipinski definition) is 3. The highest BCUT2D eigenvalue weighted by Gasteiger charge is 2.35. The van der Waals surface area contributed by atoms with Crippen LogP contribution in [0.15, 0.2) is 72.8 Å². The average molecular weight is 422 g/mol. The molecule has 1 N–H and O–H groups in total. The van der Waals surface area contributed by atoms with Gasteiger partial charge in [0.1, 0.15) is 17.4 Å². The van der Waals surface area contributed by atoms with E-state index in [2.05, 4.69) is 5.32 Å². The molecular formula is C24H20F2N2O3. The summed E-state index contributed by atoms with van der Waals surface area (Å²) in [6.07, 6.45) is -0.334. The Morgan fingerprint density at radius 1 is 1.00 bits per heavy atom. The van der Waals surface area contributed by atoms with E-state index in [1.54, 1.807) is 24.3 Å². The summed E-state index contributed by atoms with van der Waals surface area (Å²) >= 11 is 0. The van der Waals surface area contributed by atoms with Gasteiger partial charge in [0.05, 0.1) is 17.8 Å². The maximum Gasteiger partial charge on any atom is 0.262 e. The van der Waals surface area contributed by atoms with Crippen LogP contribution in [-0.2, 0) is 11.2 Å². The molecule has 1 heterocycles. The number of benzene rings is 3. The Morgan fingerprint density at radius 2 is 1.74 bits per heavy atom. The molecule has 3 aromatic rings. The first-order valence-electron chi connectivity index (χ1n) is 9.87. The molecule has 1 aliphatic rings. The maximum atomic E-state index is 14.2. The van der Waals surface area contributed by atoms with E-state index in [4.69, 9.17) is 4.74 Å². The van der Waals surface area contributed by atoms with E-state index < -0.39 is 29.2 Å². The highest BCUT2D eigenvalue weighted by Crippen LogP contribution is 2.34. The third kappa shape index (κ3) is 4.55. The molecule has 0 fully saturated rings. The Balaban J connectivity index is 1.52. The van der Waals surface area contributed by atoms with Crippen molar-refractivity contribution in [2.45, 2.75) is 12.5 Å². The fourth-order valence-electron chi connectivity index (χ4n) is 3.46. The van der Waals surface area contributed by atoms with Crippen molar-refractivity contribution < 1.29 is 23.1 Å². The molecule has 0 bridgehead atoms. The molecule has 1 atom stereocenters. The first-order chi connectivity index (χ1) is 15.0. The van der Waals surface area contributed by atoms with Crippen LogP contribution < -0.4 is 15.0 Å². The van der Waals surface area contributed by atoms with Crippen LogP contribution in [0.5, 0.6) is 5.75 Å². The Kier molecular flexibility index (Phi) is 5.93. The van der Waals surface area contributed by atoms with Gasteiger partial charge in [0.25, 0.3) is 11.8 Å². The molecule has 31 heavy (non-hydrogen) atoms. The highest BCUT2D eigenvalue weighted by atomic mass is 19.1. The molecule has 158 valence electrons. The predicted octanol–water partition coefficient (Wildman–Crippen LogP) is 3.73. The Bertz CT molecular complexity index is 1100. The molecule has 0 radical (unpaired) electrons. The molecule has 5 nitrogen and oxygen atoms in total. The lowest BCUT2D eigenvalue weighted by Gasteiger charge is -2.34. The second-order valence-corrected chi connectivity index (χ2v) is 7.14. The quantitative estimate of drug-likeness (QED) is 0.682. The number of nitrogens with zero attached hydrogens (tertiary/aromatic N) is 1. The van der Waals surface area contributed by atoms with Crippen LogP contribution in [0.25, 0.3) is 0 Å². The van der Waals surface area contributed by atoms with Crippen LogP contribution in [0.2, 0.25) is 0 Å². The number of carbonyl (C=O) groups excluding carboxylic acids is 2. The van der Waals surface area contributed by atoms with Crippen LogP contribution in [0.3, 0.4) is 0 Å². The number of anilines is 1. The summed E-state index contributed by atoms with van der Waals surface area (Å²) in [7, 11) is 0. The minimum Gasteiger partial charge on any atom is -0.477 e. The molecule has 0 saturated heterocycles. The van der Waals surface area contributed by atoms with E-state index in [9.17, 15) is 18.4 Å².